The first kappa shape index (κ1) is 28.9. The number of likely N-dealkylation sites (N-methyl/N-ethyl adjacent to an activating group) is 1. The number of hydrogen-bond acceptors (Lipinski definition) is 4. The van der Waals surface area contributed by atoms with Gasteiger partial charge in [0.1, 0.15) is 0 Å². The highest BCUT2D eigenvalue weighted by Crippen LogP contribution is 2.41. The Morgan fingerprint density at radius 3 is 2.67 bits per heavy atom. The van der Waals surface area contributed by atoms with Gasteiger partial charge in [-0.15, -0.1) is 0 Å². The van der Waals surface area contributed by atoms with Crippen molar-refractivity contribution < 1.29 is 14.6 Å². The first-order valence-corrected chi connectivity index (χ1v) is 14.4. The molecule has 6 nitrogen and oxygen atoms in total. The first-order valence-electron chi connectivity index (χ1n) is 14.4. The molecule has 1 heterocycles. The van der Waals surface area contributed by atoms with E-state index in [0.29, 0.717) is 25.5 Å². The summed E-state index contributed by atoms with van der Waals surface area (Å²) in [6.07, 6.45) is 12.0. The maximum absolute atomic E-state index is 13.4. The number of nitrogens with zero attached hydrogens (tertiary/aromatic N) is 1. The van der Waals surface area contributed by atoms with Crippen molar-refractivity contribution in [3.63, 3.8) is 0 Å². The molecule has 3 rings (SSSR count). The standard InChI is InChI=1S/C30H51N3O3/c1-23-12-10-16-28(24(23)2)30(35,17-8-9-19-36-4)26-15-11-18-33(22-26)29(34)32-27(21-31-3)20-25-13-6-5-7-14-25/h10,12,16,25-27,31,35H,5-9,11,13-15,17-22H2,1-4H3,(H,32,34)/t26-,27+,30+/m1/s1. The maximum Gasteiger partial charge on any atom is 0.317 e. The predicted octanol–water partition coefficient (Wildman–Crippen LogP) is 5.29. The lowest BCUT2D eigenvalue weighted by molar-refractivity contribution is -0.0568. The van der Waals surface area contributed by atoms with Crippen LogP contribution in [-0.2, 0) is 10.3 Å². The van der Waals surface area contributed by atoms with Gasteiger partial charge in [0.2, 0.25) is 0 Å². The highest BCUT2D eigenvalue weighted by atomic mass is 16.5. The van der Waals surface area contributed by atoms with Crippen LogP contribution in [0.4, 0.5) is 4.79 Å². The second kappa shape index (κ2) is 14.3. The minimum absolute atomic E-state index is 0.0149. The Bertz CT molecular complexity index is 811. The summed E-state index contributed by atoms with van der Waals surface area (Å²) in [6.45, 7) is 7.08. The summed E-state index contributed by atoms with van der Waals surface area (Å²) in [5, 5.41) is 18.9. The van der Waals surface area contributed by atoms with Gasteiger partial charge in [-0.3, -0.25) is 0 Å². The number of aryl methyl sites for hydroxylation is 1. The molecule has 1 aliphatic heterocycles. The van der Waals surface area contributed by atoms with Crippen LogP contribution in [0.1, 0.15) is 87.3 Å². The van der Waals surface area contributed by atoms with Crippen molar-refractivity contribution in [1.29, 1.82) is 0 Å². The molecular weight excluding hydrogens is 450 g/mol. The Kier molecular flexibility index (Phi) is 11.5. The minimum atomic E-state index is -0.949. The molecular formula is C30H51N3O3. The first-order chi connectivity index (χ1) is 17.4. The van der Waals surface area contributed by atoms with Crippen LogP contribution in [-0.4, -0.2) is 62.5 Å². The molecule has 6 heteroatoms. The zero-order valence-electron chi connectivity index (χ0n) is 23.3. The second-order valence-electron chi connectivity index (χ2n) is 11.4. The highest BCUT2D eigenvalue weighted by Gasteiger charge is 2.42. The number of methoxy groups -OCH3 is 1. The molecule has 3 atom stereocenters. The molecule has 1 aromatic carbocycles. The molecule has 36 heavy (non-hydrogen) atoms. The third-order valence-electron chi connectivity index (χ3n) is 8.73. The molecule has 1 aliphatic carbocycles. The Hall–Kier alpha value is -1.63. The molecule has 1 saturated heterocycles. The van der Waals surface area contributed by atoms with Gasteiger partial charge in [-0.2, -0.15) is 0 Å². The van der Waals surface area contributed by atoms with Crippen LogP contribution >= 0.6 is 0 Å². The van der Waals surface area contributed by atoms with E-state index in [-0.39, 0.29) is 18.0 Å². The zero-order chi connectivity index (χ0) is 26.0. The van der Waals surface area contributed by atoms with Crippen LogP contribution in [0.3, 0.4) is 0 Å². The number of hydrogen-bond donors (Lipinski definition) is 3. The lowest BCUT2D eigenvalue weighted by Gasteiger charge is -2.44. The van der Waals surface area contributed by atoms with Crippen molar-refractivity contribution in [2.45, 2.75) is 96.1 Å². The van der Waals surface area contributed by atoms with Crippen LogP contribution in [0.15, 0.2) is 18.2 Å². The monoisotopic (exact) mass is 501 g/mol. The summed E-state index contributed by atoms with van der Waals surface area (Å²) in [5.41, 5.74) is 2.44. The number of ether oxygens (including phenoxy) is 1. The average Bonchev–Trinajstić information content (AvgIpc) is 2.89. The number of urea groups is 1. The summed E-state index contributed by atoms with van der Waals surface area (Å²) in [6, 6.07) is 6.43. The normalized spacial score (nSPS) is 21.7. The number of piperidine rings is 1. The summed E-state index contributed by atoms with van der Waals surface area (Å²) >= 11 is 0. The molecule has 0 aromatic heterocycles. The minimum Gasteiger partial charge on any atom is -0.385 e. The predicted molar refractivity (Wildman–Crippen MR) is 147 cm³/mol. The Morgan fingerprint density at radius 2 is 1.94 bits per heavy atom. The van der Waals surface area contributed by atoms with E-state index in [0.717, 1.165) is 56.3 Å². The fourth-order valence-electron chi connectivity index (χ4n) is 6.50. The number of amides is 2. The number of nitrogens with one attached hydrogen (secondary N) is 2. The SMILES string of the molecule is CNC[C@H](CC1CCCCC1)NC(=O)N1CCC[C@@H]([C@@](O)(CCCCOC)c2cccc(C)c2C)C1. The molecule has 2 amide bonds. The van der Waals surface area contributed by atoms with Gasteiger partial charge in [0.15, 0.2) is 0 Å². The van der Waals surface area contributed by atoms with Crippen LogP contribution in [0.2, 0.25) is 0 Å². The van der Waals surface area contributed by atoms with Gasteiger partial charge in [-0.25, -0.2) is 4.79 Å². The van der Waals surface area contributed by atoms with Crippen molar-refractivity contribution in [3.05, 3.63) is 34.9 Å². The molecule has 3 N–H and O–H groups in total. The van der Waals surface area contributed by atoms with Crippen LogP contribution in [0, 0.1) is 25.7 Å². The van der Waals surface area contributed by atoms with E-state index >= 15 is 0 Å². The maximum atomic E-state index is 13.4. The van der Waals surface area contributed by atoms with Crippen molar-refractivity contribution in [3.8, 4) is 0 Å². The van der Waals surface area contributed by atoms with Crippen molar-refractivity contribution in [1.82, 2.24) is 15.5 Å². The van der Waals surface area contributed by atoms with E-state index < -0.39 is 5.60 Å². The number of rotatable bonds is 12. The summed E-state index contributed by atoms with van der Waals surface area (Å²) < 4.78 is 5.26. The molecule has 0 radical (unpaired) electrons. The third-order valence-corrected chi connectivity index (χ3v) is 8.73. The summed E-state index contributed by atoms with van der Waals surface area (Å²) in [7, 11) is 3.69. The van der Waals surface area contributed by atoms with E-state index in [1.807, 2.05) is 11.9 Å². The lowest BCUT2D eigenvalue weighted by atomic mass is 9.72. The average molecular weight is 502 g/mol. The smallest absolute Gasteiger partial charge is 0.317 e. The molecule has 1 aromatic rings. The Morgan fingerprint density at radius 1 is 1.17 bits per heavy atom. The van der Waals surface area contributed by atoms with Crippen LogP contribution in [0.25, 0.3) is 0 Å². The van der Waals surface area contributed by atoms with Crippen LogP contribution < -0.4 is 10.6 Å². The van der Waals surface area contributed by atoms with E-state index in [1.54, 1.807) is 7.11 Å². The molecule has 0 spiro atoms. The number of carbonyl (C=O) groups is 1. The van der Waals surface area contributed by atoms with Gasteiger partial charge in [0.05, 0.1) is 5.60 Å². The molecule has 2 aliphatic rings. The number of likely N-dealkylation sites (tertiary alicyclic amines) is 1. The molecule has 2 fully saturated rings. The van der Waals surface area contributed by atoms with E-state index in [2.05, 4.69) is 42.7 Å². The summed E-state index contributed by atoms with van der Waals surface area (Å²) in [4.78, 5) is 15.4. The number of carbonyl (C=O) groups excluding carboxylic acids is 1. The number of aliphatic hydroxyl groups is 1. The van der Waals surface area contributed by atoms with Gasteiger partial charge < -0.3 is 25.4 Å². The fourth-order valence-corrected chi connectivity index (χ4v) is 6.50. The van der Waals surface area contributed by atoms with E-state index in [9.17, 15) is 9.90 Å². The van der Waals surface area contributed by atoms with Gasteiger partial charge in [-0.05, 0) is 82.0 Å². The molecule has 204 valence electrons. The molecule has 0 unspecified atom stereocenters. The fraction of sp³-hybridized carbons (Fsp3) is 0.767. The molecule has 0 bridgehead atoms. The van der Waals surface area contributed by atoms with Gasteiger partial charge >= 0.3 is 6.03 Å². The van der Waals surface area contributed by atoms with Crippen molar-refractivity contribution in [2.75, 3.05) is 40.4 Å². The second-order valence-corrected chi connectivity index (χ2v) is 11.4. The number of unbranched alkanes of at least 4 members (excludes halogenated alkanes) is 1. The quantitative estimate of drug-likeness (QED) is 0.340. The summed E-state index contributed by atoms with van der Waals surface area (Å²) in [5.74, 6) is 0.731. The van der Waals surface area contributed by atoms with Crippen LogP contribution in [0.5, 0.6) is 0 Å². The Labute approximate surface area is 219 Å². The van der Waals surface area contributed by atoms with Crippen molar-refractivity contribution >= 4 is 6.03 Å². The third kappa shape index (κ3) is 7.69. The zero-order valence-corrected chi connectivity index (χ0v) is 23.3. The highest BCUT2D eigenvalue weighted by molar-refractivity contribution is 5.74. The lowest BCUT2D eigenvalue weighted by Crippen LogP contribution is -2.54. The topological polar surface area (TPSA) is 73.8 Å². The largest absolute Gasteiger partial charge is 0.385 e. The van der Waals surface area contributed by atoms with Gasteiger partial charge in [-0.1, -0.05) is 50.3 Å². The van der Waals surface area contributed by atoms with E-state index in [1.165, 1.54) is 37.7 Å². The van der Waals surface area contributed by atoms with Gasteiger partial charge in [0, 0.05) is 45.3 Å². The molecule has 1 saturated carbocycles. The number of benzene rings is 1. The Balaban J connectivity index is 1.72. The van der Waals surface area contributed by atoms with E-state index in [4.69, 9.17) is 4.74 Å². The van der Waals surface area contributed by atoms with Gasteiger partial charge in [0.25, 0.3) is 0 Å². The van der Waals surface area contributed by atoms with Crippen molar-refractivity contribution in [2.24, 2.45) is 11.8 Å².